The van der Waals surface area contributed by atoms with Crippen molar-refractivity contribution in [1.82, 2.24) is 4.98 Å². The van der Waals surface area contributed by atoms with Crippen LogP contribution in [0.15, 0.2) is 18.3 Å². The highest BCUT2D eigenvalue weighted by molar-refractivity contribution is 5.22. The molecule has 1 aromatic rings. The van der Waals surface area contributed by atoms with E-state index in [4.69, 9.17) is 14.6 Å². The highest BCUT2D eigenvalue weighted by Crippen LogP contribution is 2.12. The zero-order chi connectivity index (χ0) is 11.1. The minimum Gasteiger partial charge on any atom is -0.488 e. The monoisotopic (exact) mass is 211 g/mol. The second kappa shape index (κ2) is 6.37. The Balaban J connectivity index is 2.48. The fraction of sp³-hybridized carbons (Fsp3) is 0.545. The van der Waals surface area contributed by atoms with E-state index in [2.05, 4.69) is 4.98 Å². The zero-order valence-corrected chi connectivity index (χ0v) is 9.14. The van der Waals surface area contributed by atoms with Gasteiger partial charge in [0.1, 0.15) is 11.9 Å². The molecule has 0 amide bonds. The van der Waals surface area contributed by atoms with Gasteiger partial charge in [-0.3, -0.25) is 4.98 Å². The van der Waals surface area contributed by atoms with Gasteiger partial charge in [0.15, 0.2) is 0 Å². The Bertz CT molecular complexity index is 291. The highest BCUT2D eigenvalue weighted by atomic mass is 16.5. The van der Waals surface area contributed by atoms with Crippen LogP contribution in [0.1, 0.15) is 19.5 Å². The minimum absolute atomic E-state index is 0.00103. The molecule has 1 heterocycles. The lowest BCUT2D eigenvalue weighted by Gasteiger charge is -2.14. The predicted octanol–water partition coefficient (Wildman–Crippen LogP) is 1.38. The maximum absolute atomic E-state index is 8.89. The first-order chi connectivity index (χ1) is 7.26. The van der Waals surface area contributed by atoms with Gasteiger partial charge in [-0.25, -0.2) is 0 Å². The molecule has 1 aromatic heterocycles. The molecule has 0 aromatic carbocycles. The van der Waals surface area contributed by atoms with Gasteiger partial charge in [-0.05, 0) is 19.9 Å². The zero-order valence-electron chi connectivity index (χ0n) is 9.14. The Labute approximate surface area is 89.9 Å². The first kappa shape index (κ1) is 11.9. The van der Waals surface area contributed by atoms with Crippen LogP contribution in [0.2, 0.25) is 0 Å². The maximum atomic E-state index is 8.89. The average molecular weight is 211 g/mol. The van der Waals surface area contributed by atoms with Gasteiger partial charge >= 0.3 is 0 Å². The molecule has 1 rings (SSSR count). The number of rotatable bonds is 6. The summed E-state index contributed by atoms with van der Waals surface area (Å²) < 4.78 is 10.8. The Morgan fingerprint density at radius 3 is 3.00 bits per heavy atom. The summed E-state index contributed by atoms with van der Waals surface area (Å²) in [6.45, 7) is 5.06. The van der Waals surface area contributed by atoms with E-state index in [9.17, 15) is 0 Å². The van der Waals surface area contributed by atoms with Gasteiger partial charge in [-0.1, -0.05) is 0 Å². The van der Waals surface area contributed by atoms with E-state index in [1.165, 1.54) is 0 Å². The van der Waals surface area contributed by atoms with E-state index in [0.29, 0.717) is 24.7 Å². The Morgan fingerprint density at radius 2 is 2.33 bits per heavy atom. The van der Waals surface area contributed by atoms with Crippen LogP contribution in [0.4, 0.5) is 0 Å². The summed E-state index contributed by atoms with van der Waals surface area (Å²) in [6.07, 6.45) is 1.62. The molecule has 0 saturated heterocycles. The lowest BCUT2D eigenvalue weighted by atomic mass is 10.3. The molecular weight excluding hydrogens is 194 g/mol. The van der Waals surface area contributed by atoms with Crippen molar-refractivity contribution >= 4 is 0 Å². The molecule has 84 valence electrons. The lowest BCUT2D eigenvalue weighted by molar-refractivity contribution is 0.0655. The number of aliphatic hydroxyl groups is 1. The molecule has 0 radical (unpaired) electrons. The van der Waals surface area contributed by atoms with E-state index in [1.54, 1.807) is 18.3 Å². The summed E-state index contributed by atoms with van der Waals surface area (Å²) in [6, 6.07) is 3.49. The quantitative estimate of drug-likeness (QED) is 0.772. The van der Waals surface area contributed by atoms with E-state index in [1.807, 2.05) is 13.8 Å². The van der Waals surface area contributed by atoms with Gasteiger partial charge in [0.2, 0.25) is 0 Å². The van der Waals surface area contributed by atoms with Crippen LogP contribution in [0.5, 0.6) is 5.75 Å². The van der Waals surface area contributed by atoms with Crippen LogP contribution in [-0.2, 0) is 11.3 Å². The first-order valence-corrected chi connectivity index (χ1v) is 5.06. The van der Waals surface area contributed by atoms with Crippen molar-refractivity contribution in [1.29, 1.82) is 0 Å². The van der Waals surface area contributed by atoms with Crippen molar-refractivity contribution in [2.45, 2.75) is 26.6 Å². The van der Waals surface area contributed by atoms with Crippen LogP contribution in [0, 0.1) is 0 Å². The Kier molecular flexibility index (Phi) is 5.07. The molecule has 4 nitrogen and oxygen atoms in total. The van der Waals surface area contributed by atoms with Gasteiger partial charge in [-0.15, -0.1) is 0 Å². The molecule has 0 saturated carbocycles. The number of nitrogens with zero attached hydrogens (tertiary/aromatic N) is 1. The largest absolute Gasteiger partial charge is 0.488 e. The van der Waals surface area contributed by atoms with Gasteiger partial charge in [0.05, 0.1) is 18.9 Å². The molecule has 0 aliphatic heterocycles. The fourth-order valence-electron chi connectivity index (χ4n) is 1.17. The van der Waals surface area contributed by atoms with E-state index >= 15 is 0 Å². The van der Waals surface area contributed by atoms with E-state index < -0.39 is 0 Å². The second-order valence-corrected chi connectivity index (χ2v) is 3.23. The van der Waals surface area contributed by atoms with Crippen molar-refractivity contribution < 1.29 is 14.6 Å². The average Bonchev–Trinajstić information content (AvgIpc) is 2.26. The smallest absolute Gasteiger partial charge is 0.123 e. The second-order valence-electron chi connectivity index (χ2n) is 3.23. The van der Waals surface area contributed by atoms with Crippen molar-refractivity contribution in [3.63, 3.8) is 0 Å². The summed E-state index contributed by atoms with van der Waals surface area (Å²) in [5, 5.41) is 8.89. The van der Waals surface area contributed by atoms with Crippen LogP contribution >= 0.6 is 0 Å². The topological polar surface area (TPSA) is 51.6 Å². The summed E-state index contributed by atoms with van der Waals surface area (Å²) in [7, 11) is 0. The molecular formula is C11H17NO3. The van der Waals surface area contributed by atoms with Gasteiger partial charge in [-0.2, -0.15) is 0 Å². The molecule has 0 bridgehead atoms. The predicted molar refractivity (Wildman–Crippen MR) is 56.7 cm³/mol. The third-order valence-electron chi connectivity index (χ3n) is 1.84. The van der Waals surface area contributed by atoms with Crippen LogP contribution < -0.4 is 4.74 Å². The Morgan fingerprint density at radius 1 is 1.53 bits per heavy atom. The maximum Gasteiger partial charge on any atom is 0.123 e. The Hall–Kier alpha value is -1.13. The standard InChI is InChI=1S/C11H17NO3/c1-3-14-8-9(2)15-11-4-5-12-10(6-11)7-13/h4-6,9,13H,3,7-8H2,1-2H3. The molecule has 0 spiro atoms. The number of aromatic nitrogens is 1. The molecule has 0 aliphatic carbocycles. The van der Waals surface area contributed by atoms with E-state index in [0.717, 1.165) is 0 Å². The molecule has 0 aliphatic rings. The summed E-state index contributed by atoms with van der Waals surface area (Å²) in [4.78, 5) is 3.97. The third kappa shape index (κ3) is 4.27. The van der Waals surface area contributed by atoms with Gasteiger partial charge < -0.3 is 14.6 Å². The number of hydrogen-bond acceptors (Lipinski definition) is 4. The fourth-order valence-corrected chi connectivity index (χ4v) is 1.17. The van der Waals surface area contributed by atoms with Gasteiger partial charge in [0.25, 0.3) is 0 Å². The lowest BCUT2D eigenvalue weighted by Crippen LogP contribution is -2.19. The molecule has 0 fully saturated rings. The number of ether oxygens (including phenoxy) is 2. The summed E-state index contributed by atoms with van der Waals surface area (Å²) >= 11 is 0. The van der Waals surface area contributed by atoms with Crippen LogP contribution in [-0.4, -0.2) is 29.4 Å². The van der Waals surface area contributed by atoms with Crippen LogP contribution in [0.25, 0.3) is 0 Å². The van der Waals surface area contributed by atoms with Gasteiger partial charge in [0, 0.05) is 18.9 Å². The van der Waals surface area contributed by atoms with Crippen molar-refractivity contribution in [3.05, 3.63) is 24.0 Å². The molecule has 1 atom stereocenters. The first-order valence-electron chi connectivity index (χ1n) is 5.06. The molecule has 4 heteroatoms. The normalized spacial score (nSPS) is 12.5. The molecule has 15 heavy (non-hydrogen) atoms. The summed E-state index contributed by atoms with van der Waals surface area (Å²) in [5.41, 5.74) is 0.608. The highest BCUT2D eigenvalue weighted by Gasteiger charge is 2.04. The third-order valence-corrected chi connectivity index (χ3v) is 1.84. The number of pyridine rings is 1. The molecule has 1 N–H and O–H groups in total. The number of aliphatic hydroxyl groups excluding tert-OH is 1. The van der Waals surface area contributed by atoms with Crippen molar-refractivity contribution in [2.24, 2.45) is 0 Å². The van der Waals surface area contributed by atoms with E-state index in [-0.39, 0.29) is 12.7 Å². The van der Waals surface area contributed by atoms with Crippen LogP contribution in [0.3, 0.4) is 0 Å². The molecule has 1 unspecified atom stereocenters. The SMILES string of the molecule is CCOCC(C)Oc1ccnc(CO)c1. The van der Waals surface area contributed by atoms with Crippen molar-refractivity contribution in [3.8, 4) is 5.75 Å². The minimum atomic E-state index is -0.0724. The van der Waals surface area contributed by atoms with Crippen molar-refractivity contribution in [2.75, 3.05) is 13.2 Å². The number of hydrogen-bond donors (Lipinski definition) is 1. The summed E-state index contributed by atoms with van der Waals surface area (Å²) in [5.74, 6) is 0.709.